The number of esters is 1. The second kappa shape index (κ2) is 9.65. The standard InChI is InChI=1S/C23H19F2NO4/c1-15(22(27)26-21-13-17(24)11-12-20(21)25)30-23(28)19-10-6-5-7-16(19)14-29-18-8-3-2-4-9-18/h2-13,15H,14H2,1H3,(H,26,27)/t15-/m0/s1. The van der Waals surface area contributed by atoms with E-state index in [1.165, 1.54) is 6.92 Å². The van der Waals surface area contributed by atoms with E-state index in [0.717, 1.165) is 18.2 Å². The van der Waals surface area contributed by atoms with Gasteiger partial charge < -0.3 is 14.8 Å². The zero-order valence-electron chi connectivity index (χ0n) is 16.1. The maximum absolute atomic E-state index is 13.7. The van der Waals surface area contributed by atoms with Gasteiger partial charge in [-0.15, -0.1) is 0 Å². The van der Waals surface area contributed by atoms with E-state index in [0.29, 0.717) is 11.3 Å². The summed E-state index contributed by atoms with van der Waals surface area (Å²) in [6.07, 6.45) is -1.23. The first-order chi connectivity index (χ1) is 14.4. The SMILES string of the molecule is C[C@H](OC(=O)c1ccccc1COc1ccccc1)C(=O)Nc1cc(F)ccc1F. The largest absolute Gasteiger partial charge is 0.489 e. The lowest BCUT2D eigenvalue weighted by Crippen LogP contribution is -2.30. The summed E-state index contributed by atoms with van der Waals surface area (Å²) in [7, 11) is 0. The third-order valence-electron chi connectivity index (χ3n) is 4.21. The van der Waals surface area contributed by atoms with Gasteiger partial charge in [-0.1, -0.05) is 36.4 Å². The molecule has 30 heavy (non-hydrogen) atoms. The fraction of sp³-hybridized carbons (Fsp3) is 0.130. The van der Waals surface area contributed by atoms with Crippen molar-refractivity contribution in [2.75, 3.05) is 5.32 Å². The van der Waals surface area contributed by atoms with E-state index in [9.17, 15) is 18.4 Å². The number of anilines is 1. The normalized spacial score (nSPS) is 11.4. The highest BCUT2D eigenvalue weighted by Crippen LogP contribution is 2.18. The number of ether oxygens (including phenoxy) is 2. The summed E-state index contributed by atoms with van der Waals surface area (Å²) in [5, 5.41) is 2.21. The lowest BCUT2D eigenvalue weighted by molar-refractivity contribution is -0.123. The fourth-order valence-electron chi connectivity index (χ4n) is 2.63. The first-order valence-electron chi connectivity index (χ1n) is 9.16. The predicted molar refractivity (Wildman–Crippen MR) is 107 cm³/mol. The van der Waals surface area contributed by atoms with Gasteiger partial charge in [0.15, 0.2) is 6.10 Å². The van der Waals surface area contributed by atoms with Crippen LogP contribution >= 0.6 is 0 Å². The molecule has 7 heteroatoms. The Morgan fingerprint density at radius 2 is 1.67 bits per heavy atom. The van der Waals surface area contributed by atoms with Crippen LogP contribution in [0, 0.1) is 11.6 Å². The third-order valence-corrected chi connectivity index (χ3v) is 4.21. The molecule has 0 saturated carbocycles. The molecule has 1 N–H and O–H groups in total. The zero-order valence-corrected chi connectivity index (χ0v) is 16.1. The van der Waals surface area contributed by atoms with Crippen LogP contribution in [0.15, 0.2) is 72.8 Å². The molecule has 3 aromatic rings. The molecule has 0 unspecified atom stereocenters. The van der Waals surface area contributed by atoms with E-state index in [4.69, 9.17) is 9.47 Å². The molecule has 3 aromatic carbocycles. The van der Waals surface area contributed by atoms with Crippen molar-refractivity contribution in [2.24, 2.45) is 0 Å². The van der Waals surface area contributed by atoms with Gasteiger partial charge >= 0.3 is 5.97 Å². The summed E-state index contributed by atoms with van der Waals surface area (Å²) >= 11 is 0. The number of hydrogen-bond acceptors (Lipinski definition) is 4. The van der Waals surface area contributed by atoms with Crippen molar-refractivity contribution in [3.8, 4) is 5.75 Å². The van der Waals surface area contributed by atoms with Gasteiger partial charge in [0.25, 0.3) is 5.91 Å². The Bertz CT molecular complexity index is 1040. The number of para-hydroxylation sites is 1. The van der Waals surface area contributed by atoms with Crippen molar-refractivity contribution in [3.63, 3.8) is 0 Å². The Hall–Kier alpha value is -3.74. The Kier molecular flexibility index (Phi) is 6.75. The molecule has 0 heterocycles. The Morgan fingerprint density at radius 3 is 2.43 bits per heavy atom. The van der Waals surface area contributed by atoms with E-state index in [1.807, 2.05) is 18.2 Å². The minimum Gasteiger partial charge on any atom is -0.489 e. The second-order valence-corrected chi connectivity index (χ2v) is 6.42. The minimum atomic E-state index is -1.23. The summed E-state index contributed by atoms with van der Waals surface area (Å²) in [6.45, 7) is 1.47. The van der Waals surface area contributed by atoms with Crippen molar-refractivity contribution in [1.29, 1.82) is 0 Å². The van der Waals surface area contributed by atoms with Crippen molar-refractivity contribution in [1.82, 2.24) is 0 Å². The molecule has 0 bridgehead atoms. The number of carbonyl (C=O) groups is 2. The average molecular weight is 411 g/mol. The van der Waals surface area contributed by atoms with Gasteiger partial charge in [-0.25, -0.2) is 13.6 Å². The summed E-state index contributed by atoms with van der Waals surface area (Å²) < 4.78 is 37.8. The fourth-order valence-corrected chi connectivity index (χ4v) is 2.63. The quantitative estimate of drug-likeness (QED) is 0.571. The predicted octanol–water partition coefficient (Wildman–Crippen LogP) is 4.73. The lowest BCUT2D eigenvalue weighted by atomic mass is 10.1. The first kappa shape index (κ1) is 21.0. The molecular formula is C23H19F2NO4. The van der Waals surface area contributed by atoms with E-state index < -0.39 is 29.6 Å². The molecule has 0 saturated heterocycles. The molecule has 0 aromatic heterocycles. The molecule has 0 aliphatic rings. The molecule has 0 radical (unpaired) electrons. The molecule has 0 aliphatic carbocycles. The first-order valence-corrected chi connectivity index (χ1v) is 9.16. The van der Waals surface area contributed by atoms with Gasteiger partial charge in [0, 0.05) is 11.6 Å². The average Bonchev–Trinajstić information content (AvgIpc) is 2.75. The summed E-state index contributed by atoms with van der Waals surface area (Å²) in [5.74, 6) is -2.38. The summed E-state index contributed by atoms with van der Waals surface area (Å²) in [5.41, 5.74) is 0.486. The molecule has 1 amide bonds. The van der Waals surface area contributed by atoms with E-state index in [-0.39, 0.29) is 17.9 Å². The molecular weight excluding hydrogens is 392 g/mol. The number of benzene rings is 3. The molecule has 3 rings (SSSR count). The lowest BCUT2D eigenvalue weighted by Gasteiger charge is -2.15. The summed E-state index contributed by atoms with van der Waals surface area (Å²) in [6, 6.07) is 18.5. The topological polar surface area (TPSA) is 64.6 Å². The number of amides is 1. The highest BCUT2D eigenvalue weighted by Gasteiger charge is 2.22. The molecule has 0 aliphatic heterocycles. The second-order valence-electron chi connectivity index (χ2n) is 6.42. The van der Waals surface area contributed by atoms with Crippen molar-refractivity contribution < 1.29 is 27.8 Å². The highest BCUT2D eigenvalue weighted by atomic mass is 19.1. The van der Waals surface area contributed by atoms with Crippen LogP contribution in [0.1, 0.15) is 22.8 Å². The van der Waals surface area contributed by atoms with Crippen LogP contribution in [0.5, 0.6) is 5.75 Å². The van der Waals surface area contributed by atoms with E-state index in [2.05, 4.69) is 5.32 Å². The maximum Gasteiger partial charge on any atom is 0.339 e. The Balaban J connectivity index is 1.65. The summed E-state index contributed by atoms with van der Waals surface area (Å²) in [4.78, 5) is 24.8. The number of carbonyl (C=O) groups excluding carboxylic acids is 2. The van der Waals surface area contributed by atoms with Crippen LogP contribution in [0.4, 0.5) is 14.5 Å². The monoisotopic (exact) mass is 411 g/mol. The van der Waals surface area contributed by atoms with Gasteiger partial charge in [0.1, 0.15) is 24.0 Å². The highest BCUT2D eigenvalue weighted by molar-refractivity contribution is 5.97. The molecule has 1 atom stereocenters. The van der Waals surface area contributed by atoms with Gasteiger partial charge in [0.2, 0.25) is 0 Å². The van der Waals surface area contributed by atoms with E-state index >= 15 is 0 Å². The van der Waals surface area contributed by atoms with Crippen molar-refractivity contribution >= 4 is 17.6 Å². The van der Waals surface area contributed by atoms with E-state index in [1.54, 1.807) is 36.4 Å². The number of halogens is 2. The minimum absolute atomic E-state index is 0.129. The Morgan fingerprint density at radius 1 is 0.967 bits per heavy atom. The van der Waals surface area contributed by atoms with Crippen LogP contribution in [0.2, 0.25) is 0 Å². The van der Waals surface area contributed by atoms with Crippen LogP contribution in [-0.2, 0) is 16.1 Å². The zero-order chi connectivity index (χ0) is 21.5. The maximum atomic E-state index is 13.7. The van der Waals surface area contributed by atoms with Gasteiger partial charge in [-0.05, 0) is 37.3 Å². The van der Waals surface area contributed by atoms with Crippen LogP contribution < -0.4 is 10.1 Å². The smallest absolute Gasteiger partial charge is 0.339 e. The number of hydrogen-bond donors (Lipinski definition) is 1. The van der Waals surface area contributed by atoms with Crippen LogP contribution in [0.3, 0.4) is 0 Å². The molecule has 154 valence electrons. The number of rotatable bonds is 7. The van der Waals surface area contributed by atoms with Crippen molar-refractivity contribution in [2.45, 2.75) is 19.6 Å². The van der Waals surface area contributed by atoms with Gasteiger partial charge in [-0.3, -0.25) is 4.79 Å². The van der Waals surface area contributed by atoms with Gasteiger partial charge in [-0.2, -0.15) is 0 Å². The van der Waals surface area contributed by atoms with Gasteiger partial charge in [0.05, 0.1) is 11.3 Å². The van der Waals surface area contributed by atoms with Crippen LogP contribution in [0.25, 0.3) is 0 Å². The molecule has 0 fully saturated rings. The molecule has 5 nitrogen and oxygen atoms in total. The van der Waals surface area contributed by atoms with Crippen molar-refractivity contribution in [3.05, 3.63) is 95.6 Å². The molecule has 0 spiro atoms. The van der Waals surface area contributed by atoms with Crippen LogP contribution in [-0.4, -0.2) is 18.0 Å². The number of nitrogens with one attached hydrogen (secondary N) is 1. The Labute approximate surface area is 172 Å². The third kappa shape index (κ3) is 5.41.